The standard InChI is InChI=1S/C12H7ClINO3S/c13-7-1-2-9(8(4-7)12(17)18)15-11(16)6-3-10(14)19-5-6/h1-5H,(H,15,16)(H,17,18). The fourth-order valence-electron chi connectivity index (χ4n) is 1.43. The minimum atomic E-state index is -1.14. The zero-order valence-electron chi connectivity index (χ0n) is 9.31. The Kier molecular flexibility index (Phi) is 4.43. The zero-order valence-corrected chi connectivity index (χ0v) is 13.0. The van der Waals surface area contributed by atoms with Crippen molar-refractivity contribution in [1.82, 2.24) is 0 Å². The van der Waals surface area contributed by atoms with Crippen LogP contribution in [0.2, 0.25) is 5.02 Å². The van der Waals surface area contributed by atoms with Gasteiger partial charge in [0.05, 0.1) is 19.7 Å². The summed E-state index contributed by atoms with van der Waals surface area (Å²) in [6.07, 6.45) is 0. The number of hydrogen-bond acceptors (Lipinski definition) is 3. The maximum Gasteiger partial charge on any atom is 0.337 e. The van der Waals surface area contributed by atoms with Gasteiger partial charge < -0.3 is 10.4 Å². The molecule has 0 saturated carbocycles. The molecule has 0 atom stereocenters. The van der Waals surface area contributed by atoms with Crippen LogP contribution in [0.1, 0.15) is 20.7 Å². The zero-order chi connectivity index (χ0) is 14.0. The van der Waals surface area contributed by atoms with E-state index in [2.05, 4.69) is 27.9 Å². The lowest BCUT2D eigenvalue weighted by atomic mass is 10.1. The lowest BCUT2D eigenvalue weighted by Crippen LogP contribution is -2.14. The van der Waals surface area contributed by atoms with E-state index in [0.717, 1.165) is 2.88 Å². The number of benzene rings is 1. The molecule has 4 nitrogen and oxygen atoms in total. The first-order valence-corrected chi connectivity index (χ1v) is 7.39. The number of carbonyl (C=O) groups excluding carboxylic acids is 1. The number of carbonyl (C=O) groups is 2. The number of carboxylic acids is 1. The van der Waals surface area contributed by atoms with E-state index in [1.807, 2.05) is 0 Å². The average molecular weight is 408 g/mol. The first-order valence-electron chi connectivity index (χ1n) is 5.05. The molecule has 0 aliphatic heterocycles. The van der Waals surface area contributed by atoms with Gasteiger partial charge in [0.2, 0.25) is 0 Å². The van der Waals surface area contributed by atoms with E-state index >= 15 is 0 Å². The van der Waals surface area contributed by atoms with E-state index in [1.165, 1.54) is 29.5 Å². The predicted molar refractivity (Wildman–Crippen MR) is 83.4 cm³/mol. The Balaban J connectivity index is 2.28. The molecule has 2 N–H and O–H groups in total. The van der Waals surface area contributed by atoms with Crippen molar-refractivity contribution in [2.45, 2.75) is 0 Å². The van der Waals surface area contributed by atoms with Crippen LogP contribution in [-0.4, -0.2) is 17.0 Å². The van der Waals surface area contributed by atoms with Gasteiger partial charge in [0.25, 0.3) is 5.91 Å². The maximum absolute atomic E-state index is 12.0. The van der Waals surface area contributed by atoms with Gasteiger partial charge in [-0.25, -0.2) is 4.79 Å². The van der Waals surface area contributed by atoms with E-state index in [9.17, 15) is 9.59 Å². The van der Waals surface area contributed by atoms with Crippen LogP contribution in [0.3, 0.4) is 0 Å². The van der Waals surface area contributed by atoms with Gasteiger partial charge in [0.15, 0.2) is 0 Å². The summed E-state index contributed by atoms with van der Waals surface area (Å²) in [5, 5.41) is 13.7. The fourth-order valence-corrected chi connectivity index (χ4v) is 2.92. The molecule has 2 rings (SSSR count). The van der Waals surface area contributed by atoms with E-state index in [0.29, 0.717) is 10.6 Å². The van der Waals surface area contributed by atoms with Crippen LogP contribution < -0.4 is 5.32 Å². The van der Waals surface area contributed by atoms with Crippen molar-refractivity contribution in [3.63, 3.8) is 0 Å². The smallest absolute Gasteiger partial charge is 0.337 e. The summed E-state index contributed by atoms with van der Waals surface area (Å²) in [6.45, 7) is 0. The average Bonchev–Trinajstić information content (AvgIpc) is 2.78. The third-order valence-electron chi connectivity index (χ3n) is 2.29. The SMILES string of the molecule is O=C(Nc1ccc(Cl)cc1C(=O)O)c1csc(I)c1. The molecule has 2 aromatic rings. The molecule has 0 fully saturated rings. The quantitative estimate of drug-likeness (QED) is 0.757. The van der Waals surface area contributed by atoms with E-state index in [1.54, 1.807) is 11.4 Å². The summed E-state index contributed by atoms with van der Waals surface area (Å²) in [4.78, 5) is 23.0. The molecule has 0 spiro atoms. The Hall–Kier alpha value is -1.12. The van der Waals surface area contributed by atoms with Crippen LogP contribution in [0.25, 0.3) is 0 Å². The van der Waals surface area contributed by atoms with Gasteiger partial charge in [-0.05, 0) is 46.9 Å². The van der Waals surface area contributed by atoms with Crippen molar-refractivity contribution in [2.75, 3.05) is 5.32 Å². The third-order valence-corrected chi connectivity index (χ3v) is 4.31. The summed E-state index contributed by atoms with van der Waals surface area (Å²) in [5.74, 6) is -1.48. The van der Waals surface area contributed by atoms with Crippen LogP contribution in [-0.2, 0) is 0 Å². The second-order valence-electron chi connectivity index (χ2n) is 3.59. The second-order valence-corrected chi connectivity index (χ2v) is 6.83. The number of nitrogens with one attached hydrogen (secondary N) is 1. The van der Waals surface area contributed by atoms with Crippen LogP contribution in [0, 0.1) is 2.88 Å². The van der Waals surface area contributed by atoms with Gasteiger partial charge in [-0.2, -0.15) is 0 Å². The van der Waals surface area contributed by atoms with Gasteiger partial charge in [-0.1, -0.05) is 11.6 Å². The summed E-state index contributed by atoms with van der Waals surface area (Å²) >= 11 is 9.30. The van der Waals surface area contributed by atoms with E-state index in [4.69, 9.17) is 16.7 Å². The number of anilines is 1. The Morgan fingerprint density at radius 1 is 1.32 bits per heavy atom. The molecule has 0 aliphatic carbocycles. The highest BCUT2D eigenvalue weighted by molar-refractivity contribution is 14.1. The first kappa shape index (κ1) is 14.3. The summed E-state index contributed by atoms with van der Waals surface area (Å²) in [5.41, 5.74) is 0.689. The lowest BCUT2D eigenvalue weighted by Gasteiger charge is -2.07. The molecule has 0 unspecified atom stereocenters. The second kappa shape index (κ2) is 5.89. The van der Waals surface area contributed by atoms with Gasteiger partial charge in [-0.3, -0.25) is 4.79 Å². The van der Waals surface area contributed by atoms with E-state index < -0.39 is 5.97 Å². The van der Waals surface area contributed by atoms with Crippen molar-refractivity contribution < 1.29 is 14.7 Å². The maximum atomic E-state index is 12.0. The van der Waals surface area contributed by atoms with Crippen molar-refractivity contribution >= 4 is 63.1 Å². The molecule has 1 heterocycles. The topological polar surface area (TPSA) is 66.4 Å². The summed E-state index contributed by atoms with van der Waals surface area (Å²) in [6, 6.07) is 6.04. The molecular formula is C12H7ClINO3S. The summed E-state index contributed by atoms with van der Waals surface area (Å²) in [7, 11) is 0. The molecular weight excluding hydrogens is 401 g/mol. The largest absolute Gasteiger partial charge is 0.478 e. The molecule has 98 valence electrons. The minimum Gasteiger partial charge on any atom is -0.478 e. The Labute approximate surface area is 131 Å². The minimum absolute atomic E-state index is 0.0363. The first-order chi connectivity index (χ1) is 8.97. The molecule has 7 heteroatoms. The highest BCUT2D eigenvalue weighted by atomic mass is 127. The number of carboxylic acid groups (broad SMARTS) is 1. The Bertz CT molecular complexity index is 656. The number of thiophene rings is 1. The fraction of sp³-hybridized carbons (Fsp3) is 0. The Morgan fingerprint density at radius 2 is 2.05 bits per heavy atom. The number of amides is 1. The molecule has 19 heavy (non-hydrogen) atoms. The third kappa shape index (κ3) is 3.46. The number of rotatable bonds is 3. The summed E-state index contributed by atoms with van der Waals surface area (Å²) < 4.78 is 0.984. The van der Waals surface area contributed by atoms with Crippen LogP contribution in [0.5, 0.6) is 0 Å². The number of halogens is 2. The van der Waals surface area contributed by atoms with Crippen LogP contribution in [0.15, 0.2) is 29.6 Å². The molecule has 0 radical (unpaired) electrons. The predicted octanol–water partition coefficient (Wildman–Crippen LogP) is 3.96. The van der Waals surface area contributed by atoms with Crippen molar-refractivity contribution in [3.8, 4) is 0 Å². The van der Waals surface area contributed by atoms with Crippen LogP contribution in [0.4, 0.5) is 5.69 Å². The van der Waals surface area contributed by atoms with Gasteiger partial charge in [0.1, 0.15) is 0 Å². The number of aromatic carboxylic acids is 1. The van der Waals surface area contributed by atoms with Gasteiger partial charge in [0, 0.05) is 10.4 Å². The molecule has 1 aromatic carbocycles. The monoisotopic (exact) mass is 407 g/mol. The lowest BCUT2D eigenvalue weighted by molar-refractivity contribution is 0.0698. The highest BCUT2D eigenvalue weighted by Crippen LogP contribution is 2.23. The van der Waals surface area contributed by atoms with Gasteiger partial charge in [-0.15, -0.1) is 11.3 Å². The van der Waals surface area contributed by atoms with E-state index in [-0.39, 0.29) is 17.2 Å². The molecule has 0 aliphatic rings. The Morgan fingerprint density at radius 3 is 2.63 bits per heavy atom. The molecule has 1 amide bonds. The van der Waals surface area contributed by atoms with Gasteiger partial charge >= 0.3 is 5.97 Å². The van der Waals surface area contributed by atoms with Crippen LogP contribution >= 0.6 is 45.5 Å². The van der Waals surface area contributed by atoms with Crippen molar-refractivity contribution in [1.29, 1.82) is 0 Å². The molecule has 0 saturated heterocycles. The van der Waals surface area contributed by atoms with Crippen molar-refractivity contribution in [3.05, 3.63) is 48.7 Å². The molecule has 0 bridgehead atoms. The molecule has 1 aromatic heterocycles. The normalized spacial score (nSPS) is 10.2. The number of hydrogen-bond donors (Lipinski definition) is 2. The van der Waals surface area contributed by atoms with Crippen molar-refractivity contribution in [2.24, 2.45) is 0 Å². The highest BCUT2D eigenvalue weighted by Gasteiger charge is 2.14.